The van der Waals surface area contributed by atoms with Gasteiger partial charge in [0.25, 0.3) is 5.91 Å². The number of likely N-dealkylation sites (tertiary alicyclic amines) is 1. The molecule has 1 unspecified atom stereocenters. The molecule has 4 atom stereocenters. The molecule has 2 fully saturated rings. The molecule has 5 rings (SSSR count). The molecule has 2 saturated heterocycles. The van der Waals surface area contributed by atoms with Gasteiger partial charge in [-0.05, 0) is 43.7 Å². The van der Waals surface area contributed by atoms with Gasteiger partial charge in [-0.2, -0.15) is 0 Å². The number of benzene rings is 1. The van der Waals surface area contributed by atoms with Crippen LogP contribution in [0.5, 0.6) is 5.75 Å². The van der Waals surface area contributed by atoms with Crippen LogP contribution in [0.15, 0.2) is 24.5 Å². The van der Waals surface area contributed by atoms with Crippen LogP contribution in [0.2, 0.25) is 0 Å². The molecule has 5 N–H and O–H groups in total. The number of likely N-dealkylation sites (N-methyl/N-ethyl adjacent to an activating group) is 1. The first-order valence-electron chi connectivity index (χ1n) is 13.4. The smallest absolute Gasteiger partial charge is 0.410 e. The summed E-state index contributed by atoms with van der Waals surface area (Å²) >= 11 is 0. The van der Waals surface area contributed by atoms with E-state index < -0.39 is 48.2 Å². The minimum absolute atomic E-state index is 0.0595. The number of nitrogens with two attached hydrogens (primary N) is 1. The topological polar surface area (TPSA) is 178 Å². The minimum atomic E-state index is -1.46. The summed E-state index contributed by atoms with van der Waals surface area (Å²) < 4.78 is 38.7. The van der Waals surface area contributed by atoms with Gasteiger partial charge < -0.3 is 35.6 Å². The molecule has 2 aromatic heterocycles. The molecule has 222 valence electrons. The molecule has 4 heterocycles. The van der Waals surface area contributed by atoms with E-state index in [0.29, 0.717) is 38.9 Å². The van der Waals surface area contributed by atoms with E-state index in [4.69, 9.17) is 15.2 Å². The van der Waals surface area contributed by atoms with Crippen molar-refractivity contribution in [3.8, 4) is 17.6 Å². The largest absolute Gasteiger partial charge is 0.415 e. The maximum Gasteiger partial charge on any atom is 0.415 e. The van der Waals surface area contributed by atoms with Gasteiger partial charge >= 0.3 is 6.09 Å². The maximum absolute atomic E-state index is 13.4. The van der Waals surface area contributed by atoms with E-state index in [1.165, 1.54) is 21.9 Å². The van der Waals surface area contributed by atoms with E-state index in [1.54, 1.807) is 6.92 Å². The number of aliphatic hydroxyl groups is 2. The Balaban J connectivity index is 1.21. The van der Waals surface area contributed by atoms with Crippen LogP contribution in [0.1, 0.15) is 38.2 Å². The number of fused-ring (bicyclic) bond motifs is 1. The van der Waals surface area contributed by atoms with Crippen molar-refractivity contribution in [1.29, 1.82) is 0 Å². The SMILES string of the molecule is CCNC(=O)[C@H]1O[C@@H](n2cnc3c(N)nc(C#CCC4CCN(C(=O)Oc5ccc(F)c(F)c5)CC4)nc32)C(O)[C@H]1O. The summed E-state index contributed by atoms with van der Waals surface area (Å²) in [5.41, 5.74) is 6.54. The van der Waals surface area contributed by atoms with Crippen LogP contribution in [0, 0.1) is 29.4 Å². The fourth-order valence-electron chi connectivity index (χ4n) is 4.86. The molecule has 0 aliphatic carbocycles. The summed E-state index contributed by atoms with van der Waals surface area (Å²) in [6.45, 7) is 2.88. The number of ether oxygens (including phenoxy) is 2. The second kappa shape index (κ2) is 12.2. The van der Waals surface area contributed by atoms with Crippen molar-refractivity contribution in [2.75, 3.05) is 25.4 Å². The van der Waals surface area contributed by atoms with E-state index in [-0.39, 0.29) is 34.5 Å². The number of anilines is 1. The average molecular weight is 586 g/mol. The van der Waals surface area contributed by atoms with Gasteiger partial charge in [-0.1, -0.05) is 5.92 Å². The van der Waals surface area contributed by atoms with Crippen molar-refractivity contribution in [3.63, 3.8) is 0 Å². The number of hydrogen-bond acceptors (Lipinski definition) is 10. The van der Waals surface area contributed by atoms with E-state index in [1.807, 2.05) is 0 Å². The Hall–Kier alpha value is -4.39. The fourth-order valence-corrected chi connectivity index (χ4v) is 4.86. The fraction of sp³-hybridized carbons (Fsp3) is 0.444. The number of nitrogen functional groups attached to an aromatic ring is 1. The number of halogens is 2. The average Bonchev–Trinajstić information content (AvgIpc) is 3.52. The van der Waals surface area contributed by atoms with Gasteiger partial charge in [-0.3, -0.25) is 9.36 Å². The third-order valence-electron chi connectivity index (χ3n) is 7.13. The number of nitrogens with zero attached hydrogens (tertiary/aromatic N) is 5. The van der Waals surface area contributed by atoms with Crippen molar-refractivity contribution in [3.05, 3.63) is 42.0 Å². The number of aliphatic hydroxyl groups excluding tert-OH is 2. The van der Waals surface area contributed by atoms with Gasteiger partial charge in [-0.15, -0.1) is 0 Å². The normalized spacial score (nSPS) is 22.5. The molecule has 0 radical (unpaired) electrons. The molecule has 2 aliphatic rings. The number of piperidine rings is 1. The van der Waals surface area contributed by atoms with Gasteiger partial charge in [-0.25, -0.2) is 28.5 Å². The summed E-state index contributed by atoms with van der Waals surface area (Å²) in [4.78, 5) is 38.9. The zero-order chi connectivity index (χ0) is 30.0. The van der Waals surface area contributed by atoms with E-state index in [9.17, 15) is 28.6 Å². The zero-order valence-electron chi connectivity index (χ0n) is 22.5. The Kier molecular flexibility index (Phi) is 8.48. The highest BCUT2D eigenvalue weighted by molar-refractivity contribution is 5.83. The highest BCUT2D eigenvalue weighted by Crippen LogP contribution is 2.32. The Morgan fingerprint density at radius 1 is 1.19 bits per heavy atom. The first-order valence-corrected chi connectivity index (χ1v) is 13.4. The molecule has 15 heteroatoms. The zero-order valence-corrected chi connectivity index (χ0v) is 22.5. The number of amides is 2. The number of nitrogens with one attached hydrogen (secondary N) is 1. The number of carbonyl (C=O) groups is 2. The van der Waals surface area contributed by atoms with E-state index >= 15 is 0 Å². The molecule has 0 bridgehead atoms. The maximum atomic E-state index is 13.4. The van der Waals surface area contributed by atoms with Crippen molar-refractivity contribution in [1.82, 2.24) is 29.7 Å². The van der Waals surface area contributed by atoms with Gasteiger partial charge in [0.05, 0.1) is 6.33 Å². The van der Waals surface area contributed by atoms with Gasteiger partial charge in [0.2, 0.25) is 5.82 Å². The number of aromatic nitrogens is 4. The number of carbonyl (C=O) groups excluding carboxylic acids is 2. The number of rotatable bonds is 5. The van der Waals surface area contributed by atoms with Crippen molar-refractivity contribution in [2.24, 2.45) is 5.92 Å². The van der Waals surface area contributed by atoms with Crippen LogP contribution in [0.4, 0.5) is 19.4 Å². The molecular formula is C27H29F2N7O6. The van der Waals surface area contributed by atoms with Crippen LogP contribution in [-0.4, -0.2) is 84.6 Å². The highest BCUT2D eigenvalue weighted by Gasteiger charge is 2.47. The van der Waals surface area contributed by atoms with Crippen LogP contribution in [0.25, 0.3) is 11.2 Å². The van der Waals surface area contributed by atoms with Crippen LogP contribution < -0.4 is 15.8 Å². The predicted octanol–water partition coefficient (Wildman–Crippen LogP) is 1.09. The molecule has 42 heavy (non-hydrogen) atoms. The molecule has 1 aromatic carbocycles. The van der Waals surface area contributed by atoms with Crippen molar-refractivity contribution >= 4 is 29.0 Å². The van der Waals surface area contributed by atoms with Crippen LogP contribution >= 0.6 is 0 Å². The summed E-state index contributed by atoms with van der Waals surface area (Å²) in [7, 11) is 0. The van der Waals surface area contributed by atoms with Crippen LogP contribution in [-0.2, 0) is 9.53 Å². The lowest BCUT2D eigenvalue weighted by atomic mass is 9.94. The Morgan fingerprint density at radius 2 is 1.95 bits per heavy atom. The van der Waals surface area contributed by atoms with E-state index in [0.717, 1.165) is 12.1 Å². The highest BCUT2D eigenvalue weighted by atomic mass is 19.2. The first-order chi connectivity index (χ1) is 20.2. The molecule has 2 amide bonds. The summed E-state index contributed by atoms with van der Waals surface area (Å²) in [5, 5.41) is 23.5. The van der Waals surface area contributed by atoms with Crippen molar-refractivity contribution < 1.29 is 38.1 Å². The first kappa shape index (κ1) is 29.1. The molecule has 0 spiro atoms. The third kappa shape index (κ3) is 5.96. The third-order valence-corrected chi connectivity index (χ3v) is 7.13. The summed E-state index contributed by atoms with van der Waals surface area (Å²) in [6, 6.07) is 2.91. The lowest BCUT2D eigenvalue weighted by molar-refractivity contribution is -0.137. The molecule has 2 aliphatic heterocycles. The number of hydrogen-bond donors (Lipinski definition) is 4. The second-order valence-corrected chi connectivity index (χ2v) is 9.96. The summed E-state index contributed by atoms with van der Waals surface area (Å²) in [6.07, 6.45) is -2.81. The minimum Gasteiger partial charge on any atom is -0.410 e. The molecule has 13 nitrogen and oxygen atoms in total. The van der Waals surface area contributed by atoms with Crippen molar-refractivity contribution in [2.45, 2.75) is 50.7 Å². The van der Waals surface area contributed by atoms with Gasteiger partial charge in [0.15, 0.2) is 35.4 Å². The Labute approximate surface area is 238 Å². The lowest BCUT2D eigenvalue weighted by Crippen LogP contribution is -2.42. The molecular weight excluding hydrogens is 556 g/mol. The predicted molar refractivity (Wildman–Crippen MR) is 143 cm³/mol. The number of imidazole rings is 1. The monoisotopic (exact) mass is 585 g/mol. The summed E-state index contributed by atoms with van der Waals surface area (Å²) in [5.74, 6) is 3.55. The standard InChI is InChI=1S/C27H29F2N7O6/c1-2-31-25(39)22-20(37)21(38)26(42-22)36-13-32-19-23(30)33-18(34-24(19)36)5-3-4-14-8-10-35(11-9-14)27(40)41-15-6-7-16(28)17(29)12-15/h6-7,12-14,20-22,26,37-38H,2,4,8-11H2,1H3,(H,31,39)(H2,30,33,34)/t20-,21?,22+,26-/m1/s1. The Bertz CT molecular complexity index is 1550. The lowest BCUT2D eigenvalue weighted by Gasteiger charge is -2.30. The molecule has 3 aromatic rings. The van der Waals surface area contributed by atoms with Gasteiger partial charge in [0, 0.05) is 32.1 Å². The van der Waals surface area contributed by atoms with Crippen LogP contribution in [0.3, 0.4) is 0 Å². The van der Waals surface area contributed by atoms with Gasteiger partial charge in [0.1, 0.15) is 23.5 Å². The molecule has 0 saturated carbocycles. The van der Waals surface area contributed by atoms with E-state index in [2.05, 4.69) is 32.1 Å². The Morgan fingerprint density at radius 3 is 2.67 bits per heavy atom. The quantitative estimate of drug-likeness (QED) is 0.317. The second-order valence-electron chi connectivity index (χ2n) is 9.96.